The zero-order valence-electron chi connectivity index (χ0n) is 11.9. The van der Waals surface area contributed by atoms with Crippen LogP contribution in [0.4, 0.5) is 0 Å². The van der Waals surface area contributed by atoms with E-state index in [1.807, 2.05) is 24.3 Å². The highest BCUT2D eigenvalue weighted by atomic mass is 16.5. The van der Waals surface area contributed by atoms with E-state index >= 15 is 0 Å². The molecule has 2 aromatic rings. The minimum atomic E-state index is -0.223. The van der Waals surface area contributed by atoms with Gasteiger partial charge in [0.2, 0.25) is 5.91 Å². The molecule has 5 nitrogen and oxygen atoms in total. The minimum Gasteiger partial charge on any atom is -0.385 e. The highest BCUT2D eigenvalue weighted by molar-refractivity contribution is 5.92. The van der Waals surface area contributed by atoms with Crippen LogP contribution in [0.5, 0.6) is 0 Å². The summed E-state index contributed by atoms with van der Waals surface area (Å²) in [5.74, 6) is -0.223. The molecular formula is C16H18N2O3. The van der Waals surface area contributed by atoms with Crippen molar-refractivity contribution in [2.24, 2.45) is 0 Å². The number of rotatable bonds is 6. The predicted octanol–water partition coefficient (Wildman–Crippen LogP) is 1.69. The number of methoxy groups -OCH3 is 1. The molecule has 0 fully saturated rings. The van der Waals surface area contributed by atoms with E-state index in [1.165, 1.54) is 12.2 Å². The maximum absolute atomic E-state index is 11.9. The normalized spacial score (nSPS) is 11.1. The summed E-state index contributed by atoms with van der Waals surface area (Å²) in [6.45, 7) is 1.15. The van der Waals surface area contributed by atoms with Crippen LogP contribution in [0.25, 0.3) is 17.0 Å². The molecule has 1 aromatic carbocycles. The first kappa shape index (κ1) is 15.0. The molecule has 1 heterocycles. The molecule has 1 amide bonds. The van der Waals surface area contributed by atoms with Gasteiger partial charge in [-0.1, -0.05) is 18.2 Å². The number of nitrogens with one attached hydrogen (secondary N) is 2. The fraction of sp³-hybridized carbons (Fsp3) is 0.250. The predicted molar refractivity (Wildman–Crippen MR) is 83.1 cm³/mol. The smallest absolute Gasteiger partial charge is 0.255 e. The summed E-state index contributed by atoms with van der Waals surface area (Å²) < 4.78 is 4.89. The molecule has 1 aromatic heterocycles. The molecule has 0 saturated heterocycles. The van der Waals surface area contributed by atoms with Crippen LogP contribution in [0.3, 0.4) is 0 Å². The topological polar surface area (TPSA) is 71.2 Å². The Hall–Kier alpha value is -2.40. The van der Waals surface area contributed by atoms with Crippen molar-refractivity contribution < 1.29 is 9.53 Å². The standard InChI is InChI=1S/C16H18N2O3/c1-21-10-4-9-17-15(19)8-7-13-11-12-5-2-3-6-14(12)18-16(13)20/h2-3,5-8,11H,4,9-10H2,1H3,(H,17,19)(H,18,20)/b8-7+. The zero-order chi connectivity index (χ0) is 15.1. The van der Waals surface area contributed by atoms with Crippen LogP contribution in [-0.4, -0.2) is 31.2 Å². The van der Waals surface area contributed by atoms with Crippen LogP contribution < -0.4 is 10.9 Å². The second-order valence-electron chi connectivity index (χ2n) is 4.61. The third-order valence-electron chi connectivity index (χ3n) is 3.02. The third kappa shape index (κ3) is 4.29. The van der Waals surface area contributed by atoms with Crippen LogP contribution in [-0.2, 0) is 9.53 Å². The lowest BCUT2D eigenvalue weighted by Gasteiger charge is -2.01. The maximum Gasteiger partial charge on any atom is 0.255 e. The summed E-state index contributed by atoms with van der Waals surface area (Å²) in [6, 6.07) is 9.28. The first-order valence-corrected chi connectivity index (χ1v) is 6.77. The van der Waals surface area contributed by atoms with E-state index in [-0.39, 0.29) is 11.5 Å². The molecule has 0 spiro atoms. The molecule has 0 radical (unpaired) electrons. The van der Waals surface area contributed by atoms with Gasteiger partial charge in [0, 0.05) is 37.4 Å². The van der Waals surface area contributed by atoms with Gasteiger partial charge in [-0.2, -0.15) is 0 Å². The van der Waals surface area contributed by atoms with E-state index in [9.17, 15) is 9.59 Å². The Morgan fingerprint density at radius 2 is 2.19 bits per heavy atom. The number of hydrogen-bond donors (Lipinski definition) is 2. The van der Waals surface area contributed by atoms with Gasteiger partial charge in [-0.3, -0.25) is 9.59 Å². The molecule has 2 rings (SSSR count). The lowest BCUT2D eigenvalue weighted by molar-refractivity contribution is -0.116. The number of aromatic amines is 1. The lowest BCUT2D eigenvalue weighted by Crippen LogP contribution is -2.23. The molecule has 0 saturated carbocycles. The first-order valence-electron chi connectivity index (χ1n) is 6.77. The largest absolute Gasteiger partial charge is 0.385 e. The molecule has 0 aliphatic heterocycles. The lowest BCUT2D eigenvalue weighted by atomic mass is 10.1. The van der Waals surface area contributed by atoms with Gasteiger partial charge in [0.25, 0.3) is 5.56 Å². The average Bonchev–Trinajstić information content (AvgIpc) is 2.49. The van der Waals surface area contributed by atoms with Crippen molar-refractivity contribution in [3.05, 3.63) is 52.3 Å². The SMILES string of the molecule is COCCCNC(=O)/C=C/c1cc2ccccc2[nH]c1=O. The number of aromatic nitrogens is 1. The highest BCUT2D eigenvalue weighted by Crippen LogP contribution is 2.10. The summed E-state index contributed by atoms with van der Waals surface area (Å²) in [4.78, 5) is 26.3. The number of ether oxygens (including phenoxy) is 1. The van der Waals surface area contributed by atoms with E-state index in [4.69, 9.17) is 4.74 Å². The van der Waals surface area contributed by atoms with Crippen molar-refractivity contribution in [3.8, 4) is 0 Å². The van der Waals surface area contributed by atoms with Crippen LogP contribution in [0.15, 0.2) is 41.2 Å². The number of para-hydroxylation sites is 1. The Kier molecular flexibility index (Phi) is 5.29. The summed E-state index contributed by atoms with van der Waals surface area (Å²) in [5.41, 5.74) is 1.03. The van der Waals surface area contributed by atoms with Gasteiger partial charge in [0.1, 0.15) is 0 Å². The fourth-order valence-electron chi connectivity index (χ4n) is 1.94. The van der Waals surface area contributed by atoms with Crippen molar-refractivity contribution in [2.75, 3.05) is 20.3 Å². The summed E-state index contributed by atoms with van der Waals surface area (Å²) in [6.07, 6.45) is 3.65. The Morgan fingerprint density at radius 3 is 3.00 bits per heavy atom. The van der Waals surface area contributed by atoms with Gasteiger partial charge in [-0.05, 0) is 30.0 Å². The molecule has 21 heavy (non-hydrogen) atoms. The number of hydrogen-bond acceptors (Lipinski definition) is 3. The van der Waals surface area contributed by atoms with Crippen molar-refractivity contribution in [3.63, 3.8) is 0 Å². The second-order valence-corrected chi connectivity index (χ2v) is 4.61. The van der Waals surface area contributed by atoms with Gasteiger partial charge in [0.05, 0.1) is 0 Å². The van der Waals surface area contributed by atoms with E-state index < -0.39 is 0 Å². The summed E-state index contributed by atoms with van der Waals surface area (Å²) in [7, 11) is 1.62. The highest BCUT2D eigenvalue weighted by Gasteiger charge is 2.00. The van der Waals surface area contributed by atoms with Gasteiger partial charge in [-0.15, -0.1) is 0 Å². The van der Waals surface area contributed by atoms with E-state index in [1.54, 1.807) is 13.2 Å². The average molecular weight is 286 g/mol. The van der Waals surface area contributed by atoms with Gasteiger partial charge < -0.3 is 15.0 Å². The maximum atomic E-state index is 11.9. The first-order chi connectivity index (χ1) is 10.2. The monoisotopic (exact) mass is 286 g/mol. The van der Waals surface area contributed by atoms with Crippen molar-refractivity contribution in [1.82, 2.24) is 10.3 Å². The molecule has 0 aliphatic rings. The zero-order valence-corrected chi connectivity index (χ0v) is 11.9. The van der Waals surface area contributed by atoms with Crippen molar-refractivity contribution >= 4 is 22.9 Å². The second kappa shape index (κ2) is 7.40. The number of carbonyl (C=O) groups excluding carboxylic acids is 1. The minimum absolute atomic E-state index is 0.211. The van der Waals surface area contributed by atoms with Crippen LogP contribution in [0.2, 0.25) is 0 Å². The summed E-state index contributed by atoms with van der Waals surface area (Å²) >= 11 is 0. The van der Waals surface area contributed by atoms with Crippen LogP contribution in [0.1, 0.15) is 12.0 Å². The van der Waals surface area contributed by atoms with Gasteiger partial charge in [-0.25, -0.2) is 0 Å². The van der Waals surface area contributed by atoms with Crippen LogP contribution in [0, 0.1) is 0 Å². The number of carbonyl (C=O) groups is 1. The molecule has 110 valence electrons. The summed E-state index contributed by atoms with van der Waals surface area (Å²) in [5, 5.41) is 3.65. The third-order valence-corrected chi connectivity index (χ3v) is 3.02. The Labute approximate surface area is 122 Å². The number of benzene rings is 1. The van der Waals surface area contributed by atoms with Crippen molar-refractivity contribution in [2.45, 2.75) is 6.42 Å². The Bertz CT molecular complexity index is 704. The molecule has 0 unspecified atom stereocenters. The fourth-order valence-corrected chi connectivity index (χ4v) is 1.94. The molecule has 2 N–H and O–H groups in total. The van der Waals surface area contributed by atoms with Crippen LogP contribution >= 0.6 is 0 Å². The van der Waals surface area contributed by atoms with E-state index in [0.717, 1.165) is 17.3 Å². The quantitative estimate of drug-likeness (QED) is 0.627. The molecular weight excluding hydrogens is 268 g/mol. The van der Waals surface area contributed by atoms with Gasteiger partial charge >= 0.3 is 0 Å². The van der Waals surface area contributed by atoms with Crippen molar-refractivity contribution in [1.29, 1.82) is 0 Å². The van der Waals surface area contributed by atoms with E-state index in [2.05, 4.69) is 10.3 Å². The number of fused-ring (bicyclic) bond motifs is 1. The molecule has 0 atom stereocenters. The molecule has 5 heteroatoms. The Morgan fingerprint density at radius 1 is 1.38 bits per heavy atom. The van der Waals surface area contributed by atoms with E-state index in [0.29, 0.717) is 18.7 Å². The number of amides is 1. The Balaban J connectivity index is 2.05. The molecule has 0 aliphatic carbocycles. The number of H-pyrrole nitrogens is 1. The molecule has 0 bridgehead atoms. The number of pyridine rings is 1. The van der Waals surface area contributed by atoms with Gasteiger partial charge in [0.15, 0.2) is 0 Å².